The van der Waals surface area contributed by atoms with Gasteiger partial charge in [-0.1, -0.05) is 6.07 Å². The molecule has 6 heteroatoms. The van der Waals surface area contributed by atoms with Crippen LogP contribution in [0.4, 0.5) is 15.8 Å². The van der Waals surface area contributed by atoms with Crippen molar-refractivity contribution >= 4 is 11.4 Å². The summed E-state index contributed by atoms with van der Waals surface area (Å²) in [6, 6.07) is 3.95. The van der Waals surface area contributed by atoms with Crippen molar-refractivity contribution in [3.8, 4) is 0 Å². The Kier molecular flexibility index (Phi) is 3.23. The molecule has 2 unspecified atom stereocenters. The zero-order chi connectivity index (χ0) is 12.4. The second-order valence-corrected chi connectivity index (χ2v) is 4.31. The maximum Gasteiger partial charge on any atom is 0.295 e. The maximum absolute atomic E-state index is 13.6. The molecule has 1 aliphatic rings. The largest absolute Gasteiger partial charge is 0.374 e. The molecule has 1 saturated carbocycles. The number of anilines is 1. The highest BCUT2D eigenvalue weighted by molar-refractivity contribution is 5.62. The van der Waals surface area contributed by atoms with Gasteiger partial charge in [0.1, 0.15) is 5.69 Å². The quantitative estimate of drug-likeness (QED) is 0.624. The van der Waals surface area contributed by atoms with Gasteiger partial charge >= 0.3 is 0 Å². The molecule has 0 heterocycles. The van der Waals surface area contributed by atoms with E-state index < -0.39 is 10.7 Å². The lowest BCUT2D eigenvalue weighted by Crippen LogP contribution is -2.21. The van der Waals surface area contributed by atoms with Gasteiger partial charge in [0.2, 0.25) is 0 Å². The van der Waals surface area contributed by atoms with E-state index in [4.69, 9.17) is 5.73 Å². The van der Waals surface area contributed by atoms with Crippen LogP contribution in [-0.4, -0.2) is 17.0 Å². The van der Waals surface area contributed by atoms with E-state index in [1.807, 2.05) is 0 Å². The minimum Gasteiger partial charge on any atom is -0.374 e. The molecule has 0 bridgehead atoms. The van der Waals surface area contributed by atoms with Crippen LogP contribution in [0.5, 0.6) is 0 Å². The Labute approximate surface area is 98.0 Å². The molecular weight excluding hydrogens is 225 g/mol. The second kappa shape index (κ2) is 4.67. The lowest BCUT2D eigenvalue weighted by atomic mass is 10.2. The first kappa shape index (κ1) is 11.8. The Morgan fingerprint density at radius 2 is 2.24 bits per heavy atom. The van der Waals surface area contributed by atoms with Gasteiger partial charge in [0.25, 0.3) is 5.69 Å². The van der Waals surface area contributed by atoms with Crippen LogP contribution in [0.3, 0.4) is 0 Å². The van der Waals surface area contributed by atoms with Crippen LogP contribution in [0.2, 0.25) is 0 Å². The van der Waals surface area contributed by atoms with Gasteiger partial charge in [0.15, 0.2) is 5.82 Å². The number of nitrogens with zero attached hydrogens (tertiary/aromatic N) is 1. The molecule has 1 aromatic rings. The molecule has 0 radical (unpaired) electrons. The fourth-order valence-corrected chi connectivity index (χ4v) is 2.16. The Balaban J connectivity index is 2.22. The fourth-order valence-electron chi connectivity index (χ4n) is 2.16. The molecule has 1 fully saturated rings. The summed E-state index contributed by atoms with van der Waals surface area (Å²) in [7, 11) is 0. The number of hydrogen-bond donors (Lipinski definition) is 2. The molecule has 5 nitrogen and oxygen atoms in total. The van der Waals surface area contributed by atoms with Gasteiger partial charge in [0.05, 0.1) is 4.92 Å². The zero-order valence-corrected chi connectivity index (χ0v) is 9.23. The van der Waals surface area contributed by atoms with Gasteiger partial charge in [-0.25, -0.2) is 4.39 Å². The van der Waals surface area contributed by atoms with Crippen molar-refractivity contribution in [2.75, 3.05) is 5.32 Å². The predicted molar refractivity (Wildman–Crippen MR) is 62.3 cm³/mol. The van der Waals surface area contributed by atoms with Gasteiger partial charge in [-0.3, -0.25) is 10.1 Å². The van der Waals surface area contributed by atoms with Crippen molar-refractivity contribution < 1.29 is 9.31 Å². The monoisotopic (exact) mass is 239 g/mol. The zero-order valence-electron chi connectivity index (χ0n) is 9.23. The van der Waals surface area contributed by atoms with Crippen LogP contribution < -0.4 is 11.1 Å². The Hall–Kier alpha value is -1.69. The number of nitro benzene ring substituents is 1. The first-order valence-corrected chi connectivity index (χ1v) is 5.53. The molecule has 1 aliphatic carbocycles. The number of nitrogens with two attached hydrogens (primary N) is 1. The summed E-state index contributed by atoms with van der Waals surface area (Å²) in [4.78, 5) is 10.2. The van der Waals surface area contributed by atoms with Gasteiger partial charge in [-0.2, -0.15) is 0 Å². The summed E-state index contributed by atoms with van der Waals surface area (Å²) < 4.78 is 13.6. The van der Waals surface area contributed by atoms with E-state index >= 15 is 0 Å². The van der Waals surface area contributed by atoms with Crippen molar-refractivity contribution in [2.24, 2.45) is 5.73 Å². The van der Waals surface area contributed by atoms with Crippen LogP contribution in [0.1, 0.15) is 19.3 Å². The predicted octanol–water partition coefficient (Wildman–Crippen LogP) is 2.03. The van der Waals surface area contributed by atoms with E-state index in [0.717, 1.165) is 12.8 Å². The lowest BCUT2D eigenvalue weighted by molar-refractivity contribution is -0.384. The number of nitrogens with one attached hydrogen (secondary N) is 1. The summed E-state index contributed by atoms with van der Waals surface area (Å²) >= 11 is 0. The second-order valence-electron chi connectivity index (χ2n) is 4.31. The number of rotatable bonds is 3. The highest BCUT2D eigenvalue weighted by Gasteiger charge is 2.25. The van der Waals surface area contributed by atoms with Crippen molar-refractivity contribution in [1.82, 2.24) is 0 Å². The van der Waals surface area contributed by atoms with E-state index in [-0.39, 0.29) is 23.5 Å². The summed E-state index contributed by atoms with van der Waals surface area (Å²) in [6.45, 7) is 0. The molecule has 0 aromatic heterocycles. The molecule has 2 rings (SSSR count). The van der Waals surface area contributed by atoms with Gasteiger partial charge in [-0.15, -0.1) is 0 Å². The Morgan fingerprint density at radius 1 is 1.47 bits per heavy atom. The summed E-state index contributed by atoms with van der Waals surface area (Å²) in [5.41, 5.74) is 5.49. The molecule has 17 heavy (non-hydrogen) atoms. The van der Waals surface area contributed by atoms with Crippen molar-refractivity contribution in [3.63, 3.8) is 0 Å². The highest BCUT2D eigenvalue weighted by atomic mass is 19.1. The van der Waals surface area contributed by atoms with Gasteiger partial charge in [0, 0.05) is 18.2 Å². The third-order valence-electron chi connectivity index (χ3n) is 3.01. The number of hydrogen-bond acceptors (Lipinski definition) is 4. The third kappa shape index (κ3) is 2.52. The minimum absolute atomic E-state index is 0.0144. The Bertz CT molecular complexity index is 439. The molecule has 0 amide bonds. The smallest absolute Gasteiger partial charge is 0.295 e. The molecule has 2 atom stereocenters. The topological polar surface area (TPSA) is 81.2 Å². The first-order chi connectivity index (χ1) is 8.08. The van der Waals surface area contributed by atoms with E-state index in [1.54, 1.807) is 0 Å². The highest BCUT2D eigenvalue weighted by Crippen LogP contribution is 2.30. The minimum atomic E-state index is -0.598. The van der Waals surface area contributed by atoms with Crippen LogP contribution in [-0.2, 0) is 0 Å². The van der Waals surface area contributed by atoms with Crippen molar-refractivity contribution in [1.29, 1.82) is 0 Å². The molecule has 92 valence electrons. The average molecular weight is 239 g/mol. The van der Waals surface area contributed by atoms with Crippen LogP contribution >= 0.6 is 0 Å². The van der Waals surface area contributed by atoms with Crippen molar-refractivity contribution in [2.45, 2.75) is 31.3 Å². The normalized spacial score (nSPS) is 23.6. The van der Waals surface area contributed by atoms with E-state index in [1.165, 1.54) is 18.2 Å². The summed E-state index contributed by atoms with van der Waals surface area (Å²) in [5, 5.41) is 13.7. The molecular formula is C11H14FN3O2. The molecule has 1 aromatic carbocycles. The summed E-state index contributed by atoms with van der Waals surface area (Å²) in [5.74, 6) is -0.598. The Morgan fingerprint density at radius 3 is 2.82 bits per heavy atom. The standard InChI is InChI=1S/C11H14FN3O2/c12-9-2-1-3-10(15(16)17)11(9)14-8-5-4-7(13)6-8/h1-3,7-8,14H,4-6,13H2. The number of halogens is 1. The van der Waals surface area contributed by atoms with E-state index in [0.29, 0.717) is 6.42 Å². The van der Waals surface area contributed by atoms with Crippen molar-refractivity contribution in [3.05, 3.63) is 34.1 Å². The fraction of sp³-hybridized carbons (Fsp3) is 0.455. The maximum atomic E-state index is 13.6. The van der Waals surface area contributed by atoms with E-state index in [9.17, 15) is 14.5 Å². The number of benzene rings is 1. The molecule has 0 spiro atoms. The van der Waals surface area contributed by atoms with Crippen LogP contribution in [0, 0.1) is 15.9 Å². The number of para-hydroxylation sites is 1. The average Bonchev–Trinajstić information content (AvgIpc) is 2.67. The van der Waals surface area contributed by atoms with E-state index in [2.05, 4.69) is 5.32 Å². The molecule has 0 aliphatic heterocycles. The third-order valence-corrected chi connectivity index (χ3v) is 3.01. The first-order valence-electron chi connectivity index (χ1n) is 5.53. The SMILES string of the molecule is NC1CCC(Nc2c(F)cccc2[N+](=O)[O-])C1. The van der Waals surface area contributed by atoms with Gasteiger partial charge < -0.3 is 11.1 Å². The van der Waals surface area contributed by atoms with Crippen LogP contribution in [0.15, 0.2) is 18.2 Å². The lowest BCUT2D eigenvalue weighted by Gasteiger charge is -2.14. The molecule has 0 saturated heterocycles. The molecule has 3 N–H and O–H groups in total. The van der Waals surface area contributed by atoms with Crippen LogP contribution in [0.25, 0.3) is 0 Å². The number of nitro groups is 1. The van der Waals surface area contributed by atoms with Gasteiger partial charge in [-0.05, 0) is 25.3 Å². The summed E-state index contributed by atoms with van der Waals surface area (Å²) in [6.07, 6.45) is 2.39.